The molecule has 1 atom stereocenters. The smallest absolute Gasteiger partial charge is 0.294 e. The molecule has 9 nitrogen and oxygen atoms in total. The average Bonchev–Trinajstić information content (AvgIpc) is 3.40. The summed E-state index contributed by atoms with van der Waals surface area (Å²) in [5, 5.41) is 15.7. The highest BCUT2D eigenvalue weighted by Gasteiger charge is 2.31. The van der Waals surface area contributed by atoms with E-state index in [4.69, 9.17) is 5.73 Å². The van der Waals surface area contributed by atoms with E-state index in [1.807, 2.05) is 36.4 Å². The number of nitrogens with two attached hydrogens (primary N) is 1. The SMILES string of the molecule is Cl.Cl.Nc1ccc(CNC(=O)[C@@H]2CCc3cnc(NCC(c4ccccc4)c4ccccc4)c(=O)n32)c(CO)n1. The minimum absolute atomic E-state index is 0. The van der Waals surface area contributed by atoms with Crippen LogP contribution < -0.4 is 21.9 Å². The molecule has 0 unspecified atom stereocenters. The van der Waals surface area contributed by atoms with Crippen LogP contribution in [0.25, 0.3) is 0 Å². The number of rotatable bonds is 9. The fourth-order valence-electron chi connectivity index (χ4n) is 4.95. The van der Waals surface area contributed by atoms with Gasteiger partial charge in [0, 0.05) is 30.9 Å². The maximum atomic E-state index is 13.5. The Labute approximate surface area is 244 Å². The molecule has 3 heterocycles. The molecule has 40 heavy (non-hydrogen) atoms. The Morgan fingerprint density at radius 3 is 2.30 bits per heavy atom. The van der Waals surface area contributed by atoms with Crippen LogP contribution in [0.15, 0.2) is 83.8 Å². The van der Waals surface area contributed by atoms with Crippen LogP contribution in [-0.4, -0.2) is 32.1 Å². The quantitative estimate of drug-likeness (QED) is 0.237. The third-order valence-electron chi connectivity index (χ3n) is 6.93. The van der Waals surface area contributed by atoms with E-state index in [0.717, 1.165) is 16.8 Å². The van der Waals surface area contributed by atoms with E-state index in [9.17, 15) is 14.7 Å². The lowest BCUT2D eigenvalue weighted by Crippen LogP contribution is -2.36. The standard InChI is InChI=1S/C29H30N6O3.2ClH/c30-26-14-11-21(24(18-36)34-26)15-33-28(37)25-13-12-22-16-31-27(29(38)35(22)25)32-17-23(19-7-3-1-4-8-19)20-9-5-2-6-10-20;;/h1-11,14,16,23,25,36H,12-13,15,17-18H2,(H2,30,34)(H,31,32)(H,33,37);2*1H/t25-;;/m0../s1. The first-order valence-electron chi connectivity index (χ1n) is 12.6. The summed E-state index contributed by atoms with van der Waals surface area (Å²) >= 11 is 0. The number of nitrogens with zero attached hydrogens (tertiary/aromatic N) is 3. The third kappa shape index (κ3) is 6.62. The Kier molecular flexibility index (Phi) is 10.7. The van der Waals surface area contributed by atoms with Crippen molar-refractivity contribution in [1.82, 2.24) is 19.9 Å². The first-order chi connectivity index (χ1) is 18.5. The van der Waals surface area contributed by atoms with Crippen molar-refractivity contribution >= 4 is 42.4 Å². The van der Waals surface area contributed by atoms with E-state index in [1.165, 1.54) is 0 Å². The summed E-state index contributed by atoms with van der Waals surface area (Å²) in [5.74, 6) is 0.269. The molecule has 5 rings (SSSR count). The van der Waals surface area contributed by atoms with Gasteiger partial charge in [-0.15, -0.1) is 24.8 Å². The molecule has 0 saturated heterocycles. The topological polar surface area (TPSA) is 135 Å². The van der Waals surface area contributed by atoms with Gasteiger partial charge in [-0.3, -0.25) is 14.2 Å². The number of halogens is 2. The van der Waals surface area contributed by atoms with Crippen LogP contribution in [0.1, 0.15) is 46.5 Å². The maximum absolute atomic E-state index is 13.5. The molecular weight excluding hydrogens is 551 g/mol. The number of carbonyl (C=O) groups is 1. The molecule has 11 heteroatoms. The summed E-state index contributed by atoms with van der Waals surface area (Å²) in [5.41, 5.74) is 9.45. The van der Waals surface area contributed by atoms with Crippen LogP contribution in [0.3, 0.4) is 0 Å². The highest BCUT2D eigenvalue weighted by molar-refractivity contribution is 5.85. The van der Waals surface area contributed by atoms with Crippen molar-refractivity contribution in [3.63, 3.8) is 0 Å². The zero-order chi connectivity index (χ0) is 26.5. The minimum atomic E-state index is -0.639. The Balaban J connectivity index is 0.00000220. The molecule has 210 valence electrons. The molecule has 0 fully saturated rings. The summed E-state index contributed by atoms with van der Waals surface area (Å²) in [6, 6.07) is 23.0. The number of nitrogen functional groups attached to an aromatic ring is 1. The summed E-state index contributed by atoms with van der Waals surface area (Å²) in [4.78, 5) is 35.1. The Morgan fingerprint density at radius 1 is 1.02 bits per heavy atom. The first-order valence-corrected chi connectivity index (χ1v) is 12.6. The number of aryl methyl sites for hydroxylation is 1. The number of hydrogen-bond donors (Lipinski definition) is 4. The second-order valence-corrected chi connectivity index (χ2v) is 9.30. The molecular formula is C29H32Cl2N6O3. The van der Waals surface area contributed by atoms with Gasteiger partial charge in [0.05, 0.1) is 12.3 Å². The van der Waals surface area contributed by atoms with Crippen LogP contribution >= 0.6 is 24.8 Å². The van der Waals surface area contributed by atoms with E-state index in [1.54, 1.807) is 22.9 Å². The second kappa shape index (κ2) is 13.9. The predicted octanol–water partition coefficient (Wildman–Crippen LogP) is 3.60. The summed E-state index contributed by atoms with van der Waals surface area (Å²) in [7, 11) is 0. The molecule has 1 amide bonds. The van der Waals surface area contributed by atoms with Gasteiger partial charge in [0.25, 0.3) is 5.56 Å². The zero-order valence-electron chi connectivity index (χ0n) is 21.7. The van der Waals surface area contributed by atoms with Gasteiger partial charge in [-0.05, 0) is 35.6 Å². The van der Waals surface area contributed by atoms with Gasteiger partial charge in [-0.2, -0.15) is 0 Å². The number of aliphatic hydroxyl groups excluding tert-OH is 1. The van der Waals surface area contributed by atoms with E-state index in [-0.39, 0.29) is 61.2 Å². The summed E-state index contributed by atoms with van der Waals surface area (Å²) < 4.78 is 1.54. The monoisotopic (exact) mass is 582 g/mol. The molecule has 1 aliphatic rings. The number of amides is 1. The van der Waals surface area contributed by atoms with Crippen molar-refractivity contribution in [2.24, 2.45) is 0 Å². The summed E-state index contributed by atoms with van der Waals surface area (Å²) in [6.45, 7) is 0.366. The van der Waals surface area contributed by atoms with Crippen molar-refractivity contribution in [3.8, 4) is 0 Å². The number of aliphatic hydroxyl groups is 1. The largest absolute Gasteiger partial charge is 0.390 e. The molecule has 1 aliphatic heterocycles. The number of pyridine rings is 1. The van der Waals surface area contributed by atoms with Gasteiger partial charge in [-0.1, -0.05) is 66.7 Å². The van der Waals surface area contributed by atoms with Crippen LogP contribution in [0.4, 0.5) is 11.6 Å². The van der Waals surface area contributed by atoms with Crippen LogP contribution in [-0.2, 0) is 24.4 Å². The number of nitrogens with one attached hydrogen (secondary N) is 2. The van der Waals surface area contributed by atoms with Gasteiger partial charge in [-0.25, -0.2) is 9.97 Å². The maximum Gasteiger partial charge on any atom is 0.294 e. The van der Waals surface area contributed by atoms with Crippen molar-refractivity contribution < 1.29 is 9.90 Å². The molecule has 2 aromatic carbocycles. The number of hydrogen-bond acceptors (Lipinski definition) is 7. The van der Waals surface area contributed by atoms with E-state index in [0.29, 0.717) is 36.5 Å². The van der Waals surface area contributed by atoms with E-state index < -0.39 is 6.04 Å². The number of fused-ring (bicyclic) bond motifs is 1. The van der Waals surface area contributed by atoms with Crippen LogP contribution in [0.2, 0.25) is 0 Å². The highest BCUT2D eigenvalue weighted by atomic mass is 35.5. The minimum Gasteiger partial charge on any atom is -0.390 e. The molecule has 0 saturated carbocycles. The lowest BCUT2D eigenvalue weighted by Gasteiger charge is -2.20. The van der Waals surface area contributed by atoms with E-state index in [2.05, 4.69) is 44.9 Å². The fraction of sp³-hybridized carbons (Fsp3) is 0.241. The Bertz CT molecular complexity index is 1450. The van der Waals surface area contributed by atoms with Gasteiger partial charge in [0.15, 0.2) is 5.82 Å². The number of benzene rings is 2. The molecule has 0 radical (unpaired) electrons. The van der Waals surface area contributed by atoms with Crippen molar-refractivity contribution in [1.29, 1.82) is 0 Å². The molecule has 5 N–H and O–H groups in total. The van der Waals surface area contributed by atoms with Crippen LogP contribution in [0, 0.1) is 0 Å². The fourth-order valence-corrected chi connectivity index (χ4v) is 4.95. The van der Waals surface area contributed by atoms with Gasteiger partial charge in [0.2, 0.25) is 5.91 Å². The number of anilines is 2. The number of carbonyl (C=O) groups excluding carboxylic acids is 1. The highest BCUT2D eigenvalue weighted by Crippen LogP contribution is 2.26. The molecule has 0 spiro atoms. The first kappa shape index (κ1) is 30.6. The summed E-state index contributed by atoms with van der Waals surface area (Å²) in [6.07, 6.45) is 2.77. The average molecular weight is 584 g/mol. The normalized spacial score (nSPS) is 13.6. The molecule has 0 aliphatic carbocycles. The lowest BCUT2D eigenvalue weighted by molar-refractivity contribution is -0.124. The number of aromatic nitrogens is 3. The van der Waals surface area contributed by atoms with E-state index >= 15 is 0 Å². The lowest BCUT2D eigenvalue weighted by atomic mass is 9.91. The van der Waals surface area contributed by atoms with Crippen LogP contribution in [0.5, 0.6) is 0 Å². The molecule has 4 aromatic rings. The zero-order valence-corrected chi connectivity index (χ0v) is 23.3. The van der Waals surface area contributed by atoms with Gasteiger partial charge < -0.3 is 21.5 Å². The van der Waals surface area contributed by atoms with Gasteiger partial charge in [0.1, 0.15) is 11.9 Å². The van der Waals surface area contributed by atoms with Gasteiger partial charge >= 0.3 is 0 Å². The molecule has 0 bridgehead atoms. The van der Waals surface area contributed by atoms with Crippen molar-refractivity contribution in [3.05, 3.63) is 117 Å². The molecule has 2 aromatic heterocycles. The Morgan fingerprint density at radius 2 is 1.68 bits per heavy atom. The Hall–Kier alpha value is -3.92. The predicted molar refractivity (Wildman–Crippen MR) is 160 cm³/mol. The van der Waals surface area contributed by atoms with Crippen molar-refractivity contribution in [2.45, 2.75) is 38.0 Å². The van der Waals surface area contributed by atoms with Crippen molar-refractivity contribution in [2.75, 3.05) is 17.6 Å². The second-order valence-electron chi connectivity index (χ2n) is 9.30. The third-order valence-corrected chi connectivity index (χ3v) is 6.93.